The molecule has 0 aromatic heterocycles. The lowest BCUT2D eigenvalue weighted by molar-refractivity contribution is 0.0949. The van der Waals surface area contributed by atoms with Crippen molar-refractivity contribution in [3.8, 4) is 0 Å². The maximum atomic E-state index is 13.4. The summed E-state index contributed by atoms with van der Waals surface area (Å²) in [5.41, 5.74) is -0.113. The minimum Gasteiger partial charge on any atom is -0.352 e. The van der Waals surface area contributed by atoms with E-state index in [1.54, 1.807) is 0 Å². The molecule has 0 heterocycles. The van der Waals surface area contributed by atoms with E-state index in [9.17, 15) is 26.4 Å². The summed E-state index contributed by atoms with van der Waals surface area (Å²) in [6, 6.07) is 7.42. The fraction of sp³-hybridized carbons (Fsp3) is 0.188. The number of nitrogens with one attached hydrogen (secondary N) is 2. The van der Waals surface area contributed by atoms with Gasteiger partial charge in [-0.3, -0.25) is 4.79 Å². The molecule has 0 radical (unpaired) electrons. The molecule has 5 nitrogen and oxygen atoms in total. The maximum Gasteiger partial charge on any atom is 0.254 e. The number of halogens is 3. The SMILES string of the molecule is O=C(NCCCNS(=O)(=O)c1cc(F)cc(F)c1)c1ccccc1F. The first-order valence-electron chi connectivity index (χ1n) is 7.28. The van der Waals surface area contributed by atoms with E-state index in [4.69, 9.17) is 0 Å². The summed E-state index contributed by atoms with van der Waals surface area (Å²) in [5.74, 6) is -3.28. The van der Waals surface area contributed by atoms with Crippen LogP contribution in [0.3, 0.4) is 0 Å². The average Bonchev–Trinajstić information content (AvgIpc) is 2.53. The average molecular weight is 372 g/mol. The number of benzene rings is 2. The molecule has 2 aromatic carbocycles. The quantitative estimate of drug-likeness (QED) is 0.732. The first-order chi connectivity index (χ1) is 11.8. The third kappa shape index (κ3) is 5.30. The van der Waals surface area contributed by atoms with Crippen molar-refractivity contribution < 1.29 is 26.4 Å². The molecule has 0 aliphatic carbocycles. The maximum absolute atomic E-state index is 13.4. The summed E-state index contributed by atoms with van der Waals surface area (Å²) in [4.78, 5) is 11.2. The van der Waals surface area contributed by atoms with Crippen LogP contribution < -0.4 is 10.0 Å². The van der Waals surface area contributed by atoms with Gasteiger partial charge in [0, 0.05) is 19.2 Å². The van der Waals surface area contributed by atoms with Gasteiger partial charge in [0.2, 0.25) is 10.0 Å². The van der Waals surface area contributed by atoms with Crippen molar-refractivity contribution in [2.75, 3.05) is 13.1 Å². The Morgan fingerprint density at radius 3 is 2.24 bits per heavy atom. The molecular weight excluding hydrogens is 357 g/mol. The van der Waals surface area contributed by atoms with Crippen LogP contribution in [-0.2, 0) is 10.0 Å². The molecule has 9 heteroatoms. The molecule has 2 aromatic rings. The van der Waals surface area contributed by atoms with Gasteiger partial charge in [0.1, 0.15) is 17.5 Å². The molecule has 0 bridgehead atoms. The molecule has 0 spiro atoms. The highest BCUT2D eigenvalue weighted by Crippen LogP contribution is 2.13. The molecule has 2 N–H and O–H groups in total. The highest BCUT2D eigenvalue weighted by Gasteiger charge is 2.16. The number of rotatable bonds is 7. The molecule has 2 rings (SSSR count). The predicted molar refractivity (Wildman–Crippen MR) is 84.9 cm³/mol. The van der Waals surface area contributed by atoms with E-state index in [1.165, 1.54) is 18.2 Å². The molecule has 0 fully saturated rings. The van der Waals surface area contributed by atoms with Gasteiger partial charge >= 0.3 is 0 Å². The number of carbonyl (C=O) groups is 1. The zero-order chi connectivity index (χ0) is 18.4. The Hall–Kier alpha value is -2.39. The Morgan fingerprint density at radius 2 is 1.60 bits per heavy atom. The molecular formula is C16H15F3N2O3S. The number of hydrogen-bond acceptors (Lipinski definition) is 3. The van der Waals surface area contributed by atoms with Crippen LogP contribution in [0.25, 0.3) is 0 Å². The van der Waals surface area contributed by atoms with E-state index in [0.717, 1.165) is 6.07 Å². The van der Waals surface area contributed by atoms with E-state index in [2.05, 4.69) is 10.0 Å². The summed E-state index contributed by atoms with van der Waals surface area (Å²) in [5, 5.41) is 2.45. The number of carbonyl (C=O) groups excluding carboxylic acids is 1. The van der Waals surface area contributed by atoms with Crippen molar-refractivity contribution in [1.82, 2.24) is 10.0 Å². The van der Waals surface area contributed by atoms with Gasteiger partial charge in [-0.15, -0.1) is 0 Å². The van der Waals surface area contributed by atoms with Gasteiger partial charge in [-0.05, 0) is 30.7 Å². The minimum atomic E-state index is -4.07. The fourth-order valence-corrected chi connectivity index (χ4v) is 3.12. The summed E-state index contributed by atoms with van der Waals surface area (Å²) < 4.78 is 65.6. The Balaban J connectivity index is 1.82. The first kappa shape index (κ1) is 18.9. The number of hydrogen-bond donors (Lipinski definition) is 2. The monoisotopic (exact) mass is 372 g/mol. The van der Waals surface area contributed by atoms with Gasteiger partial charge in [-0.25, -0.2) is 26.3 Å². The summed E-state index contributed by atoms with van der Waals surface area (Å²) in [6.45, 7) is 0.0191. The van der Waals surface area contributed by atoms with Gasteiger partial charge in [-0.2, -0.15) is 0 Å². The van der Waals surface area contributed by atoms with E-state index in [-0.39, 0.29) is 25.1 Å². The van der Waals surface area contributed by atoms with Crippen molar-refractivity contribution in [3.05, 3.63) is 65.5 Å². The van der Waals surface area contributed by atoms with Gasteiger partial charge < -0.3 is 5.32 Å². The molecule has 134 valence electrons. The highest BCUT2D eigenvalue weighted by molar-refractivity contribution is 7.89. The van der Waals surface area contributed by atoms with E-state index in [0.29, 0.717) is 18.2 Å². The van der Waals surface area contributed by atoms with Crippen LogP contribution in [0.4, 0.5) is 13.2 Å². The van der Waals surface area contributed by atoms with Crippen LogP contribution in [0, 0.1) is 17.5 Å². The topological polar surface area (TPSA) is 75.3 Å². The number of amides is 1. The third-order valence-electron chi connectivity index (χ3n) is 3.20. The van der Waals surface area contributed by atoms with Crippen molar-refractivity contribution in [1.29, 1.82) is 0 Å². The molecule has 0 aliphatic rings. The third-order valence-corrected chi connectivity index (χ3v) is 4.64. The first-order valence-corrected chi connectivity index (χ1v) is 8.76. The molecule has 25 heavy (non-hydrogen) atoms. The zero-order valence-corrected chi connectivity index (χ0v) is 13.7. The van der Waals surface area contributed by atoms with Gasteiger partial charge in [0.05, 0.1) is 10.5 Å². The molecule has 0 saturated carbocycles. The van der Waals surface area contributed by atoms with Crippen molar-refractivity contribution in [3.63, 3.8) is 0 Å². The Morgan fingerprint density at radius 1 is 0.960 bits per heavy atom. The van der Waals surface area contributed by atoms with Crippen molar-refractivity contribution in [2.45, 2.75) is 11.3 Å². The Labute approximate surface area is 142 Å². The highest BCUT2D eigenvalue weighted by atomic mass is 32.2. The molecule has 1 amide bonds. The molecule has 0 unspecified atom stereocenters. The van der Waals surface area contributed by atoms with Crippen LogP contribution in [0.5, 0.6) is 0 Å². The second-order valence-electron chi connectivity index (χ2n) is 5.09. The summed E-state index contributed by atoms with van der Waals surface area (Å²) >= 11 is 0. The van der Waals surface area contributed by atoms with Gasteiger partial charge in [0.25, 0.3) is 5.91 Å². The lowest BCUT2D eigenvalue weighted by Gasteiger charge is -2.08. The molecule has 0 atom stereocenters. The van der Waals surface area contributed by atoms with E-state index in [1.807, 2.05) is 0 Å². The largest absolute Gasteiger partial charge is 0.352 e. The van der Waals surface area contributed by atoms with Crippen LogP contribution in [0.1, 0.15) is 16.8 Å². The van der Waals surface area contributed by atoms with Gasteiger partial charge in [-0.1, -0.05) is 12.1 Å². The van der Waals surface area contributed by atoms with Crippen molar-refractivity contribution in [2.24, 2.45) is 0 Å². The van der Waals surface area contributed by atoms with E-state index >= 15 is 0 Å². The zero-order valence-electron chi connectivity index (χ0n) is 12.9. The Kier molecular flexibility index (Phi) is 6.16. The summed E-state index contributed by atoms with van der Waals surface area (Å²) in [6.07, 6.45) is 0.206. The van der Waals surface area contributed by atoms with Crippen LogP contribution in [-0.4, -0.2) is 27.4 Å². The summed E-state index contributed by atoms with van der Waals surface area (Å²) in [7, 11) is -4.07. The van der Waals surface area contributed by atoms with E-state index < -0.39 is 38.3 Å². The Bertz CT molecular complexity index is 852. The lowest BCUT2D eigenvalue weighted by atomic mass is 10.2. The smallest absolute Gasteiger partial charge is 0.254 e. The molecule has 0 aliphatic heterocycles. The second-order valence-corrected chi connectivity index (χ2v) is 6.86. The second kappa shape index (κ2) is 8.13. The lowest BCUT2D eigenvalue weighted by Crippen LogP contribution is -2.30. The van der Waals surface area contributed by atoms with Gasteiger partial charge in [0.15, 0.2) is 0 Å². The minimum absolute atomic E-state index is 0.0714. The van der Waals surface area contributed by atoms with Crippen LogP contribution in [0.2, 0.25) is 0 Å². The van der Waals surface area contributed by atoms with Crippen molar-refractivity contribution >= 4 is 15.9 Å². The van der Waals surface area contributed by atoms with Crippen LogP contribution >= 0.6 is 0 Å². The predicted octanol–water partition coefficient (Wildman–Crippen LogP) is 2.20. The fourth-order valence-electron chi connectivity index (χ4n) is 2.00. The number of sulfonamides is 1. The van der Waals surface area contributed by atoms with Crippen LogP contribution in [0.15, 0.2) is 47.4 Å². The normalized spacial score (nSPS) is 11.3. The molecule has 0 saturated heterocycles. The standard InChI is InChI=1S/C16H15F3N2O3S/c17-11-8-12(18)10-13(9-11)25(23,24)21-7-3-6-20-16(22)14-4-1-2-5-15(14)19/h1-2,4-5,8-10,21H,3,6-7H2,(H,20,22).